The Balaban J connectivity index is 2.06. The minimum absolute atomic E-state index is 0.0115. The Morgan fingerprint density at radius 1 is 1.21 bits per heavy atom. The van der Waals surface area contributed by atoms with Crippen LogP contribution >= 0.6 is 23.2 Å². The van der Waals surface area contributed by atoms with Crippen LogP contribution in [0.15, 0.2) is 38.8 Å². The molecule has 0 aliphatic carbocycles. The molecule has 13 heteroatoms. The van der Waals surface area contributed by atoms with Crippen LogP contribution in [0.3, 0.4) is 0 Å². The number of benzene rings is 1. The summed E-state index contributed by atoms with van der Waals surface area (Å²) in [6.45, 7) is 4.54. The number of nitrogens with zero attached hydrogens (tertiary/aromatic N) is 4. The lowest BCUT2D eigenvalue weighted by Gasteiger charge is -2.16. The summed E-state index contributed by atoms with van der Waals surface area (Å²) in [5.74, 6) is -0.521. The molecular weight excluding hydrogens is 489 g/mol. The monoisotopic (exact) mass is 505 g/mol. The van der Waals surface area contributed by atoms with Gasteiger partial charge in [-0.05, 0) is 24.1 Å². The highest BCUT2D eigenvalue weighted by molar-refractivity contribution is 6.37. The number of halogens is 2. The topological polar surface area (TPSA) is 149 Å². The first-order valence-electron chi connectivity index (χ1n) is 9.70. The molecule has 3 aromatic rings. The first-order valence-corrected chi connectivity index (χ1v) is 10.5. The molecule has 1 N–H and O–H groups in total. The minimum atomic E-state index is -0.925. The molecule has 2 heterocycles. The molecule has 0 spiro atoms. The van der Waals surface area contributed by atoms with Gasteiger partial charge < -0.3 is 9.47 Å². The molecule has 0 bridgehead atoms. The highest BCUT2D eigenvalue weighted by Gasteiger charge is 2.17. The van der Waals surface area contributed by atoms with Crippen molar-refractivity contribution in [2.24, 2.45) is 0 Å². The van der Waals surface area contributed by atoms with Gasteiger partial charge in [-0.3, -0.25) is 23.9 Å². The lowest BCUT2D eigenvalue weighted by Crippen LogP contribution is -2.33. The summed E-state index contributed by atoms with van der Waals surface area (Å²) in [6, 6.07) is 5.70. The summed E-state index contributed by atoms with van der Waals surface area (Å²) < 4.78 is 12.7. The van der Waals surface area contributed by atoms with E-state index in [2.05, 4.69) is 5.10 Å². The van der Waals surface area contributed by atoms with Gasteiger partial charge in [-0.15, -0.1) is 5.10 Å². The maximum absolute atomic E-state index is 12.6. The number of pyridine rings is 1. The number of carbonyl (C=O) groups excluding carboxylic acids is 1. The molecule has 0 amide bonds. The zero-order chi connectivity index (χ0) is 25.2. The molecular formula is C21H17Cl2N5O6. The largest absolute Gasteiger partial charge is 0.453 e. The van der Waals surface area contributed by atoms with Crippen LogP contribution < -0.4 is 21.5 Å². The Labute approximate surface area is 201 Å². The average molecular weight is 506 g/mol. The van der Waals surface area contributed by atoms with Crippen molar-refractivity contribution in [1.82, 2.24) is 19.3 Å². The number of carbonyl (C=O) groups is 1. The molecule has 0 unspecified atom stereocenters. The van der Waals surface area contributed by atoms with Crippen LogP contribution in [0.25, 0.3) is 5.69 Å². The molecule has 0 fully saturated rings. The van der Waals surface area contributed by atoms with Crippen LogP contribution in [0.1, 0.15) is 37.9 Å². The molecule has 0 aliphatic heterocycles. The average Bonchev–Trinajstić information content (AvgIpc) is 2.75. The molecule has 3 rings (SSSR count). The van der Waals surface area contributed by atoms with Crippen LogP contribution in [0.5, 0.6) is 11.5 Å². The first kappa shape index (κ1) is 24.8. The fourth-order valence-electron chi connectivity index (χ4n) is 2.89. The lowest BCUT2D eigenvalue weighted by atomic mass is 10.1. The van der Waals surface area contributed by atoms with Gasteiger partial charge in [0.05, 0.1) is 21.9 Å². The van der Waals surface area contributed by atoms with E-state index in [0.29, 0.717) is 5.56 Å². The van der Waals surface area contributed by atoms with Crippen LogP contribution in [0, 0.1) is 11.3 Å². The second kappa shape index (κ2) is 9.94. The predicted molar refractivity (Wildman–Crippen MR) is 122 cm³/mol. The zero-order valence-electron chi connectivity index (χ0n) is 18.1. The van der Waals surface area contributed by atoms with Crippen molar-refractivity contribution in [1.29, 1.82) is 5.26 Å². The molecule has 0 saturated heterocycles. The number of aromatic nitrogens is 4. The van der Waals surface area contributed by atoms with Gasteiger partial charge in [0.1, 0.15) is 11.8 Å². The zero-order valence-corrected chi connectivity index (χ0v) is 19.6. The smallest absolute Gasteiger partial charge is 0.349 e. The van der Waals surface area contributed by atoms with Gasteiger partial charge in [-0.2, -0.15) is 9.94 Å². The molecule has 11 nitrogen and oxygen atoms in total. The van der Waals surface area contributed by atoms with Gasteiger partial charge in [0.2, 0.25) is 5.69 Å². The highest BCUT2D eigenvalue weighted by atomic mass is 35.5. The van der Waals surface area contributed by atoms with Gasteiger partial charge in [-0.25, -0.2) is 4.79 Å². The number of hydrogen-bond donors (Lipinski definition) is 1. The van der Waals surface area contributed by atoms with E-state index < -0.39 is 22.9 Å². The van der Waals surface area contributed by atoms with E-state index in [9.17, 15) is 19.2 Å². The second-order valence-electron chi connectivity index (χ2n) is 7.30. The fourth-order valence-corrected chi connectivity index (χ4v) is 3.44. The van der Waals surface area contributed by atoms with Crippen molar-refractivity contribution in [2.45, 2.75) is 33.4 Å². The van der Waals surface area contributed by atoms with Gasteiger partial charge >= 0.3 is 11.7 Å². The Morgan fingerprint density at radius 2 is 1.85 bits per heavy atom. The van der Waals surface area contributed by atoms with E-state index in [4.69, 9.17) is 37.9 Å². The van der Waals surface area contributed by atoms with Crippen LogP contribution in [0.2, 0.25) is 10.0 Å². The quantitative estimate of drug-likeness (QED) is 0.502. The van der Waals surface area contributed by atoms with Crippen molar-refractivity contribution >= 4 is 29.2 Å². The third-order valence-electron chi connectivity index (χ3n) is 4.50. The van der Waals surface area contributed by atoms with Gasteiger partial charge in [0, 0.05) is 12.5 Å². The minimum Gasteiger partial charge on any atom is -0.453 e. The van der Waals surface area contributed by atoms with Crippen molar-refractivity contribution in [3.8, 4) is 23.3 Å². The molecule has 0 aliphatic rings. The third kappa shape index (κ3) is 5.19. The van der Waals surface area contributed by atoms with Gasteiger partial charge in [0.15, 0.2) is 12.5 Å². The Kier molecular flexibility index (Phi) is 7.24. The van der Waals surface area contributed by atoms with Crippen LogP contribution in [0.4, 0.5) is 0 Å². The van der Waals surface area contributed by atoms with E-state index >= 15 is 0 Å². The summed E-state index contributed by atoms with van der Waals surface area (Å²) in [5.41, 5.74) is -2.23. The molecule has 34 heavy (non-hydrogen) atoms. The number of aromatic amines is 1. The van der Waals surface area contributed by atoms with Crippen LogP contribution in [-0.2, 0) is 16.3 Å². The van der Waals surface area contributed by atoms with Gasteiger partial charge in [-0.1, -0.05) is 37.0 Å². The normalized spacial score (nSPS) is 10.7. The lowest BCUT2D eigenvalue weighted by molar-refractivity contribution is -0.144. The van der Waals surface area contributed by atoms with E-state index in [0.717, 1.165) is 4.68 Å². The van der Waals surface area contributed by atoms with Crippen LogP contribution in [-0.4, -0.2) is 25.3 Å². The van der Waals surface area contributed by atoms with Crippen molar-refractivity contribution in [3.63, 3.8) is 0 Å². The van der Waals surface area contributed by atoms with E-state index in [1.807, 2.05) is 18.8 Å². The maximum atomic E-state index is 12.6. The van der Waals surface area contributed by atoms with E-state index in [1.165, 1.54) is 35.9 Å². The number of hydrogen-bond acceptors (Lipinski definition) is 8. The molecule has 176 valence electrons. The summed E-state index contributed by atoms with van der Waals surface area (Å²) in [7, 11) is 0. The number of rotatable bonds is 6. The Morgan fingerprint density at radius 3 is 2.41 bits per heavy atom. The summed E-state index contributed by atoms with van der Waals surface area (Å²) in [4.78, 5) is 49.5. The summed E-state index contributed by atoms with van der Waals surface area (Å²) in [6.07, 6.45) is 1.34. The molecule has 0 saturated carbocycles. The van der Waals surface area contributed by atoms with E-state index in [-0.39, 0.29) is 45.4 Å². The first-order chi connectivity index (χ1) is 16.0. The molecule has 0 radical (unpaired) electrons. The summed E-state index contributed by atoms with van der Waals surface area (Å²) >= 11 is 12.7. The maximum Gasteiger partial charge on any atom is 0.349 e. The fraction of sp³-hybridized carbons (Fsp3) is 0.238. The molecule has 1 aromatic carbocycles. The Bertz CT molecular complexity index is 1480. The van der Waals surface area contributed by atoms with Crippen molar-refractivity contribution in [3.05, 3.63) is 76.9 Å². The SMILES string of the molecule is CC(=O)OCn1cc(Oc2c(Cl)cc(-n3nc(C#N)c(=O)[nH]c3=O)cc2Cl)cc(C(C)C)c1=O. The summed E-state index contributed by atoms with van der Waals surface area (Å²) in [5, 5.41) is 12.7. The number of nitrogens with one attached hydrogen (secondary N) is 1. The predicted octanol–water partition coefficient (Wildman–Crippen LogP) is 2.70. The molecule has 0 atom stereocenters. The second-order valence-corrected chi connectivity index (χ2v) is 8.11. The Hall–Kier alpha value is -3.88. The highest BCUT2D eigenvalue weighted by Crippen LogP contribution is 2.38. The number of H-pyrrole nitrogens is 1. The van der Waals surface area contributed by atoms with Crippen molar-refractivity contribution < 1.29 is 14.3 Å². The third-order valence-corrected chi connectivity index (χ3v) is 5.06. The van der Waals surface area contributed by atoms with Crippen molar-refractivity contribution in [2.75, 3.05) is 0 Å². The number of nitriles is 1. The van der Waals surface area contributed by atoms with Gasteiger partial charge in [0.25, 0.3) is 11.1 Å². The standard InChI is InChI=1S/C21H17Cl2N5O6/c1-10(2)14-6-13(8-27(20(14)31)9-33-11(3)29)34-18-15(22)4-12(5-16(18)23)28-21(32)25-19(30)17(7-24)26-28/h4-6,8,10H,9H2,1-3H3,(H,25,30,32). The van der Waals surface area contributed by atoms with E-state index in [1.54, 1.807) is 6.07 Å². The number of ether oxygens (including phenoxy) is 2. The molecule has 2 aromatic heterocycles. The number of esters is 1.